The molecule has 0 spiro atoms. The number of aromatic nitrogens is 1. The average molecular weight is 317 g/mol. The Hall–Kier alpha value is -3.47. The van der Waals surface area contributed by atoms with Gasteiger partial charge in [0.25, 0.3) is 0 Å². The van der Waals surface area contributed by atoms with E-state index in [4.69, 9.17) is 5.73 Å². The van der Waals surface area contributed by atoms with Crippen molar-refractivity contribution in [3.63, 3.8) is 0 Å². The molecule has 2 amide bonds. The minimum atomic E-state index is -0.504. The Bertz CT molecular complexity index is 931. The van der Waals surface area contributed by atoms with E-state index in [1.807, 2.05) is 36.4 Å². The van der Waals surface area contributed by atoms with Gasteiger partial charge in [0.1, 0.15) is 0 Å². The smallest absolute Gasteiger partial charge is 0.248 e. The molecule has 118 valence electrons. The monoisotopic (exact) mass is 317 g/mol. The SMILES string of the molecule is NC(=O)c1ccc(NC(=O)/C=C/c2ccc3ccccc3n2)cc1. The molecule has 3 aromatic rings. The Morgan fingerprint density at radius 2 is 1.71 bits per heavy atom. The van der Waals surface area contributed by atoms with Gasteiger partial charge in [-0.05, 0) is 42.5 Å². The number of hydrogen-bond acceptors (Lipinski definition) is 3. The third kappa shape index (κ3) is 3.64. The van der Waals surface area contributed by atoms with E-state index in [0.29, 0.717) is 16.9 Å². The largest absolute Gasteiger partial charge is 0.366 e. The van der Waals surface area contributed by atoms with Crippen molar-refractivity contribution in [2.24, 2.45) is 5.73 Å². The average Bonchev–Trinajstić information content (AvgIpc) is 2.60. The van der Waals surface area contributed by atoms with Gasteiger partial charge < -0.3 is 11.1 Å². The molecule has 3 N–H and O–H groups in total. The second-order valence-electron chi connectivity index (χ2n) is 5.19. The molecule has 0 bridgehead atoms. The van der Waals surface area contributed by atoms with Crippen molar-refractivity contribution >= 4 is 34.5 Å². The lowest BCUT2D eigenvalue weighted by molar-refractivity contribution is -0.111. The van der Waals surface area contributed by atoms with Crippen LogP contribution in [-0.2, 0) is 4.79 Å². The normalized spacial score (nSPS) is 10.8. The summed E-state index contributed by atoms with van der Waals surface area (Å²) in [7, 11) is 0. The maximum atomic E-state index is 12.0. The lowest BCUT2D eigenvalue weighted by Gasteiger charge is -2.03. The van der Waals surface area contributed by atoms with Crippen LogP contribution in [0.3, 0.4) is 0 Å². The first-order chi connectivity index (χ1) is 11.6. The van der Waals surface area contributed by atoms with Crippen molar-refractivity contribution in [1.29, 1.82) is 0 Å². The molecular weight excluding hydrogens is 302 g/mol. The number of anilines is 1. The van der Waals surface area contributed by atoms with Crippen LogP contribution < -0.4 is 11.1 Å². The zero-order valence-electron chi connectivity index (χ0n) is 12.8. The van der Waals surface area contributed by atoms with Gasteiger partial charge in [0, 0.05) is 22.7 Å². The van der Waals surface area contributed by atoms with Crippen LogP contribution in [-0.4, -0.2) is 16.8 Å². The van der Waals surface area contributed by atoms with Crippen LogP contribution in [0.25, 0.3) is 17.0 Å². The van der Waals surface area contributed by atoms with Crippen LogP contribution in [0.5, 0.6) is 0 Å². The highest BCUT2D eigenvalue weighted by Crippen LogP contribution is 2.13. The molecular formula is C19H15N3O2. The van der Waals surface area contributed by atoms with Crippen molar-refractivity contribution in [3.05, 3.63) is 78.0 Å². The molecule has 0 aliphatic carbocycles. The maximum absolute atomic E-state index is 12.0. The number of nitrogens with two attached hydrogens (primary N) is 1. The van der Waals surface area contributed by atoms with E-state index in [2.05, 4.69) is 10.3 Å². The van der Waals surface area contributed by atoms with Crippen molar-refractivity contribution < 1.29 is 9.59 Å². The highest BCUT2D eigenvalue weighted by atomic mass is 16.1. The fourth-order valence-electron chi connectivity index (χ4n) is 2.24. The second-order valence-corrected chi connectivity index (χ2v) is 5.19. The van der Waals surface area contributed by atoms with Crippen LogP contribution in [0.2, 0.25) is 0 Å². The molecule has 3 rings (SSSR count). The van der Waals surface area contributed by atoms with E-state index in [1.54, 1.807) is 30.3 Å². The van der Waals surface area contributed by atoms with E-state index in [0.717, 1.165) is 10.9 Å². The summed E-state index contributed by atoms with van der Waals surface area (Å²) >= 11 is 0. The number of carbonyl (C=O) groups excluding carboxylic acids is 2. The third-order valence-electron chi connectivity index (χ3n) is 3.46. The lowest BCUT2D eigenvalue weighted by Crippen LogP contribution is -2.11. The highest BCUT2D eigenvalue weighted by molar-refractivity contribution is 6.02. The van der Waals surface area contributed by atoms with Crippen molar-refractivity contribution in [2.45, 2.75) is 0 Å². The van der Waals surface area contributed by atoms with E-state index in [-0.39, 0.29) is 5.91 Å². The number of nitrogens with zero attached hydrogens (tertiary/aromatic N) is 1. The summed E-state index contributed by atoms with van der Waals surface area (Å²) in [5, 5.41) is 3.76. The summed E-state index contributed by atoms with van der Waals surface area (Å²) in [6.45, 7) is 0. The molecule has 0 radical (unpaired) electrons. The minimum absolute atomic E-state index is 0.281. The first kappa shape index (κ1) is 15.4. The van der Waals surface area contributed by atoms with Crippen LogP contribution in [0, 0.1) is 0 Å². The van der Waals surface area contributed by atoms with Gasteiger partial charge in [-0.25, -0.2) is 4.98 Å². The van der Waals surface area contributed by atoms with Gasteiger partial charge >= 0.3 is 0 Å². The lowest BCUT2D eigenvalue weighted by atomic mass is 10.2. The quantitative estimate of drug-likeness (QED) is 0.725. The molecule has 0 atom stereocenters. The molecule has 0 aliphatic heterocycles. The Labute approximate surface area is 138 Å². The van der Waals surface area contributed by atoms with E-state index < -0.39 is 5.91 Å². The van der Waals surface area contributed by atoms with Gasteiger partial charge in [-0.2, -0.15) is 0 Å². The minimum Gasteiger partial charge on any atom is -0.366 e. The Morgan fingerprint density at radius 1 is 0.958 bits per heavy atom. The summed E-state index contributed by atoms with van der Waals surface area (Å²) in [4.78, 5) is 27.4. The van der Waals surface area contributed by atoms with E-state index >= 15 is 0 Å². The highest BCUT2D eigenvalue weighted by Gasteiger charge is 2.02. The fourth-order valence-corrected chi connectivity index (χ4v) is 2.24. The van der Waals surface area contributed by atoms with Gasteiger partial charge in [0.2, 0.25) is 11.8 Å². The Kier molecular flexibility index (Phi) is 4.34. The molecule has 0 aliphatic rings. The standard InChI is InChI=1S/C19H15N3O2/c20-19(24)14-6-9-16(10-7-14)22-18(23)12-11-15-8-5-13-3-1-2-4-17(13)21-15/h1-12H,(H2,20,24)(H,22,23)/b12-11+. The van der Waals surface area contributed by atoms with Gasteiger partial charge in [0.05, 0.1) is 11.2 Å². The van der Waals surface area contributed by atoms with E-state index in [9.17, 15) is 9.59 Å². The number of carbonyl (C=O) groups is 2. The van der Waals surface area contributed by atoms with Crippen molar-refractivity contribution in [2.75, 3.05) is 5.32 Å². The molecule has 5 heteroatoms. The number of pyridine rings is 1. The molecule has 24 heavy (non-hydrogen) atoms. The number of benzene rings is 2. The molecule has 1 aromatic heterocycles. The Balaban J connectivity index is 1.68. The zero-order chi connectivity index (χ0) is 16.9. The molecule has 0 unspecified atom stereocenters. The number of para-hydroxylation sites is 1. The van der Waals surface area contributed by atoms with E-state index in [1.165, 1.54) is 6.08 Å². The summed E-state index contributed by atoms with van der Waals surface area (Å²) in [5.74, 6) is -0.785. The van der Waals surface area contributed by atoms with Gasteiger partial charge in [-0.1, -0.05) is 24.3 Å². The molecule has 5 nitrogen and oxygen atoms in total. The summed E-state index contributed by atoms with van der Waals surface area (Å²) < 4.78 is 0. The number of primary amides is 1. The molecule has 0 saturated carbocycles. The number of hydrogen-bond donors (Lipinski definition) is 2. The van der Waals surface area contributed by atoms with Crippen LogP contribution in [0.4, 0.5) is 5.69 Å². The number of amides is 2. The summed E-state index contributed by atoms with van der Waals surface area (Å²) in [6, 6.07) is 18.0. The maximum Gasteiger partial charge on any atom is 0.248 e. The van der Waals surface area contributed by atoms with Crippen LogP contribution in [0.15, 0.2) is 66.7 Å². The fraction of sp³-hybridized carbons (Fsp3) is 0. The molecule has 1 heterocycles. The number of fused-ring (bicyclic) bond motifs is 1. The third-order valence-corrected chi connectivity index (χ3v) is 3.46. The first-order valence-corrected chi connectivity index (χ1v) is 7.36. The van der Waals surface area contributed by atoms with Crippen LogP contribution >= 0.6 is 0 Å². The molecule has 0 fully saturated rings. The van der Waals surface area contributed by atoms with Gasteiger partial charge in [0.15, 0.2) is 0 Å². The second kappa shape index (κ2) is 6.75. The summed E-state index contributed by atoms with van der Waals surface area (Å²) in [5.41, 5.74) is 7.73. The predicted octanol–water partition coefficient (Wildman–Crippen LogP) is 2.99. The van der Waals surface area contributed by atoms with Gasteiger partial charge in [-0.3, -0.25) is 9.59 Å². The first-order valence-electron chi connectivity index (χ1n) is 7.36. The number of rotatable bonds is 4. The van der Waals surface area contributed by atoms with Gasteiger partial charge in [-0.15, -0.1) is 0 Å². The van der Waals surface area contributed by atoms with Crippen molar-refractivity contribution in [1.82, 2.24) is 4.98 Å². The molecule has 0 saturated heterocycles. The zero-order valence-corrected chi connectivity index (χ0v) is 12.8. The topological polar surface area (TPSA) is 85.1 Å². The van der Waals surface area contributed by atoms with Crippen molar-refractivity contribution in [3.8, 4) is 0 Å². The Morgan fingerprint density at radius 3 is 2.46 bits per heavy atom. The predicted molar refractivity (Wildman–Crippen MR) is 94.4 cm³/mol. The number of nitrogens with one attached hydrogen (secondary N) is 1. The molecule has 2 aromatic carbocycles. The summed E-state index contributed by atoms with van der Waals surface area (Å²) in [6.07, 6.45) is 3.07. The van der Waals surface area contributed by atoms with Crippen LogP contribution in [0.1, 0.15) is 16.1 Å².